The number of pyridine rings is 1. The van der Waals surface area contributed by atoms with Crippen molar-refractivity contribution in [3.63, 3.8) is 0 Å². The van der Waals surface area contributed by atoms with Crippen LogP contribution >= 0.6 is 0 Å². The summed E-state index contributed by atoms with van der Waals surface area (Å²) >= 11 is 0. The lowest BCUT2D eigenvalue weighted by molar-refractivity contribution is 0.543. The predicted molar refractivity (Wildman–Crippen MR) is 86.8 cm³/mol. The predicted octanol–water partition coefficient (Wildman–Crippen LogP) is 2.24. The van der Waals surface area contributed by atoms with Gasteiger partial charge in [0.25, 0.3) is 0 Å². The van der Waals surface area contributed by atoms with Crippen LogP contribution in [0.25, 0.3) is 11.3 Å². The van der Waals surface area contributed by atoms with Gasteiger partial charge in [-0.2, -0.15) is 5.10 Å². The van der Waals surface area contributed by atoms with Crippen molar-refractivity contribution >= 4 is 10.0 Å². The number of rotatable bonds is 5. The van der Waals surface area contributed by atoms with Gasteiger partial charge in [-0.1, -0.05) is 6.07 Å². The largest absolute Gasteiger partial charge is 0.275 e. The van der Waals surface area contributed by atoms with Crippen molar-refractivity contribution in [2.24, 2.45) is 7.05 Å². The van der Waals surface area contributed by atoms with Crippen LogP contribution in [-0.4, -0.2) is 23.2 Å². The molecule has 0 radical (unpaired) electrons. The third-order valence-corrected chi connectivity index (χ3v) is 4.94. The highest BCUT2D eigenvalue weighted by Crippen LogP contribution is 2.21. The molecule has 25 heavy (non-hydrogen) atoms. The lowest BCUT2D eigenvalue weighted by atomic mass is 10.1. The fourth-order valence-electron chi connectivity index (χ4n) is 2.33. The summed E-state index contributed by atoms with van der Waals surface area (Å²) < 4.78 is 55.2. The zero-order valence-electron chi connectivity index (χ0n) is 13.1. The third-order valence-electron chi connectivity index (χ3n) is 3.51. The van der Waals surface area contributed by atoms with Crippen molar-refractivity contribution in [3.05, 3.63) is 66.1 Å². The van der Waals surface area contributed by atoms with Gasteiger partial charge in [0.15, 0.2) is 0 Å². The second-order valence-corrected chi connectivity index (χ2v) is 7.05. The molecular weight excluding hydrogens is 350 g/mol. The molecule has 1 N–H and O–H groups in total. The Morgan fingerprint density at radius 1 is 1.24 bits per heavy atom. The summed E-state index contributed by atoms with van der Waals surface area (Å²) in [5.41, 5.74) is 1.89. The van der Waals surface area contributed by atoms with Crippen LogP contribution in [0.2, 0.25) is 0 Å². The van der Waals surface area contributed by atoms with Crippen LogP contribution in [0.3, 0.4) is 0 Å². The summed E-state index contributed by atoms with van der Waals surface area (Å²) in [7, 11) is -2.38. The van der Waals surface area contributed by atoms with Crippen LogP contribution in [0, 0.1) is 11.6 Å². The molecule has 9 heteroatoms. The normalized spacial score (nSPS) is 11.6. The molecule has 2 heterocycles. The van der Waals surface area contributed by atoms with Crippen LogP contribution in [0.4, 0.5) is 8.78 Å². The summed E-state index contributed by atoms with van der Waals surface area (Å²) in [5.74, 6) is -1.99. The molecular formula is C16H14F2N4O2S. The van der Waals surface area contributed by atoms with E-state index in [0.717, 1.165) is 17.7 Å². The number of aromatic nitrogens is 3. The number of hydrogen-bond acceptors (Lipinski definition) is 4. The fraction of sp³-hybridized carbons (Fsp3) is 0.125. The standard InChI is InChI=1S/C16H14F2N4O2S/c1-22-10-12(8-20-22)16-11(3-2-6-19-16)9-21-25(23,24)15-5-4-13(17)7-14(15)18/h2-8,10,21H,9H2,1H3. The van der Waals surface area contributed by atoms with Gasteiger partial charge in [-0.05, 0) is 23.8 Å². The number of nitrogens with zero attached hydrogens (tertiary/aromatic N) is 3. The first-order valence-corrected chi connectivity index (χ1v) is 8.73. The Bertz CT molecular complexity index is 1020. The van der Waals surface area contributed by atoms with Crippen molar-refractivity contribution in [2.45, 2.75) is 11.4 Å². The Kier molecular flexibility index (Phi) is 4.60. The lowest BCUT2D eigenvalue weighted by Gasteiger charge is -2.10. The van der Waals surface area contributed by atoms with E-state index in [1.807, 2.05) is 0 Å². The molecule has 130 valence electrons. The first kappa shape index (κ1) is 17.2. The van der Waals surface area contributed by atoms with Gasteiger partial charge in [0.1, 0.15) is 16.5 Å². The molecule has 0 saturated heterocycles. The Morgan fingerprint density at radius 2 is 2.04 bits per heavy atom. The number of nitrogens with one attached hydrogen (secondary N) is 1. The monoisotopic (exact) mass is 364 g/mol. The van der Waals surface area contributed by atoms with E-state index in [2.05, 4.69) is 14.8 Å². The fourth-order valence-corrected chi connectivity index (χ4v) is 3.39. The smallest absolute Gasteiger partial charge is 0.243 e. The second kappa shape index (κ2) is 6.69. The van der Waals surface area contributed by atoms with E-state index in [9.17, 15) is 17.2 Å². The van der Waals surface area contributed by atoms with Gasteiger partial charge < -0.3 is 0 Å². The number of benzene rings is 1. The lowest BCUT2D eigenvalue weighted by Crippen LogP contribution is -2.24. The molecule has 6 nitrogen and oxygen atoms in total. The maximum atomic E-state index is 13.7. The number of aryl methyl sites for hydroxylation is 1. The molecule has 0 atom stereocenters. The molecule has 0 aliphatic heterocycles. The minimum Gasteiger partial charge on any atom is -0.275 e. The summed E-state index contributed by atoms with van der Waals surface area (Å²) in [6.07, 6.45) is 4.94. The molecule has 0 amide bonds. The number of halogens is 2. The van der Waals surface area contributed by atoms with Crippen LogP contribution in [0.15, 0.2) is 53.8 Å². The summed E-state index contributed by atoms with van der Waals surface area (Å²) in [6, 6.07) is 5.68. The van der Waals surface area contributed by atoms with Gasteiger partial charge in [0.2, 0.25) is 10.0 Å². The molecule has 0 aliphatic carbocycles. The molecule has 0 fully saturated rings. The van der Waals surface area contributed by atoms with Gasteiger partial charge in [0.05, 0.1) is 11.9 Å². The topological polar surface area (TPSA) is 76.9 Å². The van der Waals surface area contributed by atoms with E-state index in [1.165, 1.54) is 0 Å². The summed E-state index contributed by atoms with van der Waals surface area (Å²) in [6.45, 7) is -0.1000. The zero-order chi connectivity index (χ0) is 18.0. The molecule has 0 unspecified atom stereocenters. The van der Waals surface area contributed by atoms with Crippen LogP contribution in [0.1, 0.15) is 5.56 Å². The van der Waals surface area contributed by atoms with Gasteiger partial charge in [-0.3, -0.25) is 9.67 Å². The highest BCUT2D eigenvalue weighted by atomic mass is 32.2. The van der Waals surface area contributed by atoms with Crippen molar-refractivity contribution in [1.29, 1.82) is 0 Å². The Labute approximate surface area is 143 Å². The molecule has 2 aromatic heterocycles. The van der Waals surface area contributed by atoms with Crippen molar-refractivity contribution < 1.29 is 17.2 Å². The SMILES string of the molecule is Cn1cc(-c2ncccc2CNS(=O)(=O)c2ccc(F)cc2F)cn1. The minimum absolute atomic E-state index is 0.1000. The van der Waals surface area contributed by atoms with E-state index in [1.54, 1.807) is 42.5 Å². The van der Waals surface area contributed by atoms with E-state index in [0.29, 0.717) is 17.3 Å². The van der Waals surface area contributed by atoms with E-state index < -0.39 is 26.6 Å². The maximum Gasteiger partial charge on any atom is 0.243 e. The van der Waals surface area contributed by atoms with Gasteiger partial charge in [-0.15, -0.1) is 0 Å². The Morgan fingerprint density at radius 3 is 2.72 bits per heavy atom. The van der Waals surface area contributed by atoms with Crippen molar-refractivity contribution in [2.75, 3.05) is 0 Å². The van der Waals surface area contributed by atoms with Crippen molar-refractivity contribution in [1.82, 2.24) is 19.5 Å². The molecule has 0 bridgehead atoms. The average molecular weight is 364 g/mol. The summed E-state index contributed by atoms with van der Waals surface area (Å²) in [4.78, 5) is 3.64. The number of hydrogen-bond donors (Lipinski definition) is 1. The Balaban J connectivity index is 1.87. The van der Waals surface area contributed by atoms with Gasteiger partial charge >= 0.3 is 0 Å². The maximum absolute atomic E-state index is 13.7. The molecule has 0 saturated carbocycles. The zero-order valence-corrected chi connectivity index (χ0v) is 14.0. The van der Waals surface area contributed by atoms with Crippen LogP contribution in [0.5, 0.6) is 0 Å². The minimum atomic E-state index is -4.14. The van der Waals surface area contributed by atoms with Gasteiger partial charge in [0, 0.05) is 37.6 Å². The number of sulfonamides is 1. The highest BCUT2D eigenvalue weighted by molar-refractivity contribution is 7.89. The van der Waals surface area contributed by atoms with E-state index >= 15 is 0 Å². The van der Waals surface area contributed by atoms with Crippen molar-refractivity contribution in [3.8, 4) is 11.3 Å². The molecule has 0 aliphatic rings. The quantitative estimate of drug-likeness (QED) is 0.753. The second-order valence-electron chi connectivity index (χ2n) is 5.31. The molecule has 3 rings (SSSR count). The third kappa shape index (κ3) is 3.72. The molecule has 3 aromatic rings. The summed E-state index contributed by atoms with van der Waals surface area (Å²) in [5, 5.41) is 4.06. The van der Waals surface area contributed by atoms with Crippen LogP contribution < -0.4 is 4.72 Å². The van der Waals surface area contributed by atoms with Crippen LogP contribution in [-0.2, 0) is 23.6 Å². The van der Waals surface area contributed by atoms with E-state index in [4.69, 9.17) is 0 Å². The highest BCUT2D eigenvalue weighted by Gasteiger charge is 2.20. The van der Waals surface area contributed by atoms with E-state index in [-0.39, 0.29) is 6.54 Å². The first-order chi connectivity index (χ1) is 11.9. The molecule has 0 spiro atoms. The molecule has 1 aromatic carbocycles. The van der Waals surface area contributed by atoms with Gasteiger partial charge in [-0.25, -0.2) is 21.9 Å². The average Bonchev–Trinajstić information content (AvgIpc) is 2.99. The Hall–Kier alpha value is -2.65. The first-order valence-electron chi connectivity index (χ1n) is 7.24.